The summed E-state index contributed by atoms with van der Waals surface area (Å²) in [6.07, 6.45) is -0.661. The lowest BCUT2D eigenvalue weighted by atomic mass is 9.78. The molecule has 1 aliphatic heterocycles. The normalized spacial score (nSPS) is 20.8. The number of amides is 1. The van der Waals surface area contributed by atoms with Gasteiger partial charge in [-0.3, -0.25) is 14.8 Å². The van der Waals surface area contributed by atoms with Gasteiger partial charge in [0, 0.05) is 54.3 Å². The molecule has 3 aromatic heterocycles. The van der Waals surface area contributed by atoms with Gasteiger partial charge in [0.2, 0.25) is 5.91 Å². The summed E-state index contributed by atoms with van der Waals surface area (Å²) < 4.78 is 45.6. The summed E-state index contributed by atoms with van der Waals surface area (Å²) in [7, 11) is 1.78. The van der Waals surface area contributed by atoms with Gasteiger partial charge in [-0.2, -0.15) is 13.2 Å². The predicted molar refractivity (Wildman–Crippen MR) is 123 cm³/mol. The second-order valence-corrected chi connectivity index (χ2v) is 8.85. The molecule has 1 amide bonds. The number of hydrogen-bond acceptors (Lipinski definition) is 6. The highest BCUT2D eigenvalue weighted by molar-refractivity contribution is 5.92. The number of anilines is 2. The van der Waals surface area contributed by atoms with Crippen LogP contribution in [-0.4, -0.2) is 46.8 Å². The smallest absolute Gasteiger partial charge is 0.378 e. The van der Waals surface area contributed by atoms with Gasteiger partial charge in [-0.15, -0.1) is 0 Å². The number of hydrogen-bond donors (Lipinski definition) is 2. The van der Waals surface area contributed by atoms with Gasteiger partial charge in [-0.25, -0.2) is 4.98 Å². The molecule has 1 saturated heterocycles. The average Bonchev–Trinajstić information content (AvgIpc) is 2.79. The van der Waals surface area contributed by atoms with Gasteiger partial charge in [-0.1, -0.05) is 6.92 Å². The van der Waals surface area contributed by atoms with Crippen LogP contribution in [0.5, 0.6) is 0 Å². The Bertz CT molecular complexity index is 1220. The van der Waals surface area contributed by atoms with E-state index in [9.17, 15) is 18.0 Å². The molecule has 0 radical (unpaired) electrons. The molecule has 0 saturated carbocycles. The van der Waals surface area contributed by atoms with Crippen LogP contribution in [0.2, 0.25) is 0 Å². The molecule has 34 heavy (non-hydrogen) atoms. The standard InChI is InChI=1S/C24H26F3N5O2/c1-14-19(15-6-16-12-31-21(28-3)9-20(16)30-11-15)7-17(13-29-14)32-22(33)8-18-10-23(2,4-5-34-18)24(25,26)27/h6-7,9,11-13,18H,4-5,8,10H2,1-3H3,(H,28,31)(H,32,33)/t18-,23-/m1/s1. The summed E-state index contributed by atoms with van der Waals surface area (Å²) in [6.45, 7) is 3.01. The number of pyridine rings is 3. The van der Waals surface area contributed by atoms with Crippen LogP contribution in [0.4, 0.5) is 24.7 Å². The highest BCUT2D eigenvalue weighted by Gasteiger charge is 2.53. The molecular formula is C24H26F3N5O2. The number of fused-ring (bicyclic) bond motifs is 1. The minimum Gasteiger partial charge on any atom is -0.378 e. The molecule has 4 heterocycles. The van der Waals surface area contributed by atoms with Crippen LogP contribution < -0.4 is 10.6 Å². The monoisotopic (exact) mass is 473 g/mol. The van der Waals surface area contributed by atoms with Gasteiger partial charge in [0.15, 0.2) is 0 Å². The van der Waals surface area contributed by atoms with E-state index >= 15 is 0 Å². The molecular weight excluding hydrogens is 447 g/mol. The third-order valence-electron chi connectivity index (χ3n) is 6.29. The second-order valence-electron chi connectivity index (χ2n) is 8.85. The van der Waals surface area contributed by atoms with E-state index in [-0.39, 0.29) is 25.9 Å². The van der Waals surface area contributed by atoms with Crippen LogP contribution in [0.25, 0.3) is 22.0 Å². The Hall–Kier alpha value is -3.27. The Labute approximate surface area is 195 Å². The van der Waals surface area contributed by atoms with E-state index in [4.69, 9.17) is 4.74 Å². The lowest BCUT2D eigenvalue weighted by Crippen LogP contribution is -2.44. The largest absolute Gasteiger partial charge is 0.394 e. The fourth-order valence-corrected chi connectivity index (χ4v) is 4.12. The Kier molecular flexibility index (Phi) is 6.44. The minimum atomic E-state index is -4.33. The first kappa shape index (κ1) is 23.9. The molecule has 2 atom stereocenters. The Morgan fingerprint density at radius 1 is 1.18 bits per heavy atom. The van der Waals surface area contributed by atoms with E-state index in [2.05, 4.69) is 25.6 Å². The molecule has 0 unspecified atom stereocenters. The fraction of sp³-hybridized carbons (Fsp3) is 0.417. The lowest BCUT2D eigenvalue weighted by Gasteiger charge is -2.39. The highest BCUT2D eigenvalue weighted by atomic mass is 19.4. The molecule has 1 fully saturated rings. The summed E-state index contributed by atoms with van der Waals surface area (Å²) in [6, 6.07) is 5.57. The highest BCUT2D eigenvalue weighted by Crippen LogP contribution is 2.47. The predicted octanol–water partition coefficient (Wildman–Crippen LogP) is 5.12. The minimum absolute atomic E-state index is 0.0240. The van der Waals surface area contributed by atoms with Crippen molar-refractivity contribution in [2.45, 2.75) is 45.4 Å². The molecule has 180 valence electrons. The first-order valence-corrected chi connectivity index (χ1v) is 11.0. The van der Waals surface area contributed by atoms with Crippen LogP contribution in [0.3, 0.4) is 0 Å². The van der Waals surface area contributed by atoms with Gasteiger partial charge < -0.3 is 15.4 Å². The van der Waals surface area contributed by atoms with Crippen molar-refractivity contribution in [1.29, 1.82) is 0 Å². The Morgan fingerprint density at radius 3 is 2.71 bits per heavy atom. The quantitative estimate of drug-likeness (QED) is 0.535. The van der Waals surface area contributed by atoms with Gasteiger partial charge in [-0.05, 0) is 31.9 Å². The summed E-state index contributed by atoms with van der Waals surface area (Å²) in [5, 5.41) is 6.57. The molecule has 3 aromatic rings. The van der Waals surface area contributed by atoms with Gasteiger partial charge in [0.1, 0.15) is 5.82 Å². The number of nitrogens with one attached hydrogen (secondary N) is 2. The molecule has 7 nitrogen and oxygen atoms in total. The van der Waals surface area contributed by atoms with Gasteiger partial charge >= 0.3 is 6.18 Å². The summed E-state index contributed by atoms with van der Waals surface area (Å²) in [5.41, 5.74) is 1.73. The average molecular weight is 473 g/mol. The molecule has 0 aromatic carbocycles. The van der Waals surface area contributed by atoms with Crippen molar-refractivity contribution in [2.24, 2.45) is 5.41 Å². The van der Waals surface area contributed by atoms with Crippen molar-refractivity contribution in [2.75, 3.05) is 24.3 Å². The molecule has 0 bridgehead atoms. The van der Waals surface area contributed by atoms with Crippen molar-refractivity contribution in [3.63, 3.8) is 0 Å². The first-order valence-electron chi connectivity index (χ1n) is 11.0. The summed E-state index contributed by atoms with van der Waals surface area (Å²) in [5.74, 6) is 0.293. The van der Waals surface area contributed by atoms with Crippen molar-refractivity contribution in [3.05, 3.63) is 42.5 Å². The molecule has 2 N–H and O–H groups in total. The second kappa shape index (κ2) is 9.17. The van der Waals surface area contributed by atoms with Crippen LogP contribution in [0, 0.1) is 12.3 Å². The zero-order valence-corrected chi connectivity index (χ0v) is 19.2. The fourth-order valence-electron chi connectivity index (χ4n) is 4.12. The Balaban J connectivity index is 1.49. The number of ether oxygens (including phenoxy) is 1. The number of carbonyl (C=O) groups is 1. The first-order chi connectivity index (χ1) is 16.1. The number of rotatable bonds is 5. The van der Waals surface area contributed by atoms with Crippen molar-refractivity contribution < 1.29 is 22.7 Å². The van der Waals surface area contributed by atoms with E-state index in [1.54, 1.807) is 25.5 Å². The molecule has 4 rings (SSSR count). The maximum atomic E-state index is 13.4. The van der Waals surface area contributed by atoms with E-state index in [1.807, 2.05) is 19.1 Å². The van der Waals surface area contributed by atoms with Crippen LogP contribution in [0.1, 0.15) is 31.9 Å². The van der Waals surface area contributed by atoms with Crippen molar-refractivity contribution >= 4 is 28.3 Å². The SMILES string of the molecule is CNc1cc2ncc(-c3cc(NC(=O)C[C@@H]4C[C@](C)(C(F)(F)F)CCO4)cnc3C)cc2cn1. The molecule has 0 aliphatic carbocycles. The summed E-state index contributed by atoms with van der Waals surface area (Å²) in [4.78, 5) is 25.8. The maximum Gasteiger partial charge on any atom is 0.394 e. The number of alkyl halides is 3. The van der Waals surface area contributed by atoms with E-state index in [1.165, 1.54) is 13.1 Å². The topological polar surface area (TPSA) is 89.0 Å². The number of nitrogens with zero attached hydrogens (tertiary/aromatic N) is 3. The zero-order chi connectivity index (χ0) is 24.5. The van der Waals surface area contributed by atoms with Crippen molar-refractivity contribution in [3.8, 4) is 11.1 Å². The van der Waals surface area contributed by atoms with Gasteiger partial charge in [0.25, 0.3) is 0 Å². The third kappa shape index (κ3) is 4.96. The van der Waals surface area contributed by atoms with Crippen LogP contribution in [-0.2, 0) is 9.53 Å². The Morgan fingerprint density at radius 2 is 1.97 bits per heavy atom. The molecule has 10 heteroatoms. The lowest BCUT2D eigenvalue weighted by molar-refractivity contribution is -0.248. The number of aryl methyl sites for hydroxylation is 1. The van der Waals surface area contributed by atoms with Crippen LogP contribution in [0.15, 0.2) is 36.8 Å². The third-order valence-corrected chi connectivity index (χ3v) is 6.29. The summed E-state index contributed by atoms with van der Waals surface area (Å²) >= 11 is 0. The maximum absolute atomic E-state index is 13.4. The van der Waals surface area contributed by atoms with Gasteiger partial charge in [0.05, 0.1) is 35.3 Å². The zero-order valence-electron chi connectivity index (χ0n) is 19.2. The van der Waals surface area contributed by atoms with Crippen LogP contribution >= 0.6 is 0 Å². The molecule has 1 aliphatic rings. The van der Waals surface area contributed by atoms with E-state index in [0.29, 0.717) is 11.5 Å². The number of halogens is 3. The van der Waals surface area contributed by atoms with Crippen molar-refractivity contribution in [1.82, 2.24) is 15.0 Å². The number of aromatic nitrogens is 3. The van der Waals surface area contributed by atoms with E-state index in [0.717, 1.165) is 27.7 Å². The number of carbonyl (C=O) groups excluding carboxylic acids is 1. The molecule has 0 spiro atoms. The van der Waals surface area contributed by atoms with E-state index < -0.39 is 23.6 Å².